The topological polar surface area (TPSA) is 148 Å². The highest BCUT2D eigenvalue weighted by Gasteiger charge is 2.64. The highest BCUT2D eigenvalue weighted by molar-refractivity contribution is 6.30. The number of nitrogens with zero attached hydrogens (tertiary/aromatic N) is 6. The molecule has 0 unspecified atom stereocenters. The van der Waals surface area contributed by atoms with E-state index in [1.807, 2.05) is 0 Å². The maximum absolute atomic E-state index is 12.7. The number of nitriles is 1. The average Bonchev–Trinajstić information content (AvgIpc) is 3.56. The van der Waals surface area contributed by atoms with Gasteiger partial charge in [0.05, 0.1) is 23.6 Å². The molecule has 0 aromatic carbocycles. The molecule has 1 atom stereocenters. The van der Waals surface area contributed by atoms with Crippen LogP contribution in [0.25, 0.3) is 11.4 Å². The van der Waals surface area contributed by atoms with Crippen LogP contribution in [-0.4, -0.2) is 37.0 Å². The van der Waals surface area contributed by atoms with Crippen molar-refractivity contribution in [2.24, 2.45) is 17.9 Å². The number of rotatable bonds is 6. The summed E-state index contributed by atoms with van der Waals surface area (Å²) in [5, 5.41) is 23.3. The highest BCUT2D eigenvalue weighted by Crippen LogP contribution is 2.68. The lowest BCUT2D eigenvalue weighted by molar-refractivity contribution is -0.129. The molecule has 2 N–H and O–H groups in total. The lowest BCUT2D eigenvalue weighted by Gasteiger charge is -2.41. The summed E-state index contributed by atoms with van der Waals surface area (Å²) in [7, 11) is 1.62. The monoisotopic (exact) mass is 506 g/mol. The van der Waals surface area contributed by atoms with Crippen molar-refractivity contribution in [2.75, 3.05) is 10.6 Å². The number of aryl methyl sites for hydroxylation is 1. The van der Waals surface area contributed by atoms with Crippen molar-refractivity contribution in [1.82, 2.24) is 25.0 Å². The van der Waals surface area contributed by atoms with Gasteiger partial charge in [-0.1, -0.05) is 22.9 Å². The minimum absolute atomic E-state index is 0.216. The predicted molar refractivity (Wildman–Crippen MR) is 130 cm³/mol. The van der Waals surface area contributed by atoms with E-state index in [1.54, 1.807) is 44.4 Å². The molecule has 2 fully saturated rings. The molecule has 11 nitrogen and oxygen atoms in total. The first-order valence-corrected chi connectivity index (χ1v) is 11.8. The number of carbonyl (C=O) groups is 2. The second kappa shape index (κ2) is 8.87. The molecule has 3 aromatic rings. The van der Waals surface area contributed by atoms with Crippen LogP contribution >= 0.6 is 11.6 Å². The van der Waals surface area contributed by atoms with E-state index in [0.29, 0.717) is 35.5 Å². The summed E-state index contributed by atoms with van der Waals surface area (Å²) in [4.78, 5) is 33.7. The Morgan fingerprint density at radius 1 is 1.22 bits per heavy atom. The summed E-state index contributed by atoms with van der Waals surface area (Å²) in [5.41, 5.74) is 1.04. The number of hydrogen-bond donors (Lipinski definition) is 2. The normalized spacial score (nSPS) is 17.4. The molecule has 184 valence electrons. The molecule has 2 saturated carbocycles. The second-order valence-electron chi connectivity index (χ2n) is 9.40. The first-order valence-electron chi connectivity index (χ1n) is 11.4. The molecular weight excluding hydrogens is 484 g/mol. The molecule has 0 bridgehead atoms. The van der Waals surface area contributed by atoms with Gasteiger partial charge < -0.3 is 10.1 Å². The van der Waals surface area contributed by atoms with Crippen LogP contribution in [0.3, 0.4) is 0 Å². The van der Waals surface area contributed by atoms with Gasteiger partial charge in [0.2, 0.25) is 5.91 Å². The molecule has 2 aliphatic carbocycles. The van der Waals surface area contributed by atoms with Gasteiger partial charge in [0, 0.05) is 18.8 Å². The number of halogens is 1. The third-order valence-corrected chi connectivity index (χ3v) is 7.10. The van der Waals surface area contributed by atoms with Crippen LogP contribution in [0.1, 0.15) is 44.3 Å². The molecule has 12 heteroatoms. The van der Waals surface area contributed by atoms with Gasteiger partial charge in [-0.25, -0.2) is 14.5 Å². The molecule has 36 heavy (non-hydrogen) atoms. The first kappa shape index (κ1) is 23.7. The molecule has 3 aromatic heterocycles. The van der Waals surface area contributed by atoms with Gasteiger partial charge >= 0.3 is 6.09 Å². The summed E-state index contributed by atoms with van der Waals surface area (Å²) >= 11 is 6.08. The smallest absolute Gasteiger partial charge is 0.413 e. The molecule has 2 amide bonds. The van der Waals surface area contributed by atoms with Crippen molar-refractivity contribution in [3.05, 3.63) is 47.4 Å². The third-order valence-electron chi connectivity index (χ3n) is 6.78. The van der Waals surface area contributed by atoms with Crippen molar-refractivity contribution >= 4 is 35.1 Å². The van der Waals surface area contributed by atoms with Gasteiger partial charge in [0.1, 0.15) is 16.7 Å². The number of nitrogens with one attached hydrogen (secondary N) is 2. The van der Waals surface area contributed by atoms with Crippen molar-refractivity contribution in [1.29, 1.82) is 5.26 Å². The Labute approximate surface area is 211 Å². The summed E-state index contributed by atoms with van der Waals surface area (Å²) in [6.07, 6.45) is 5.08. The maximum atomic E-state index is 12.7. The fourth-order valence-electron chi connectivity index (χ4n) is 4.63. The number of carbonyl (C=O) groups excluding carboxylic acids is 2. The van der Waals surface area contributed by atoms with E-state index in [0.717, 1.165) is 12.8 Å². The van der Waals surface area contributed by atoms with Crippen LogP contribution in [0, 0.1) is 22.2 Å². The van der Waals surface area contributed by atoms with Gasteiger partial charge in [-0.3, -0.25) is 15.1 Å². The van der Waals surface area contributed by atoms with Gasteiger partial charge in [0.25, 0.3) is 0 Å². The number of ether oxygens (including phenoxy) is 1. The standard InChI is InChI=1S/C24H23ClN8O3/c1-14(16-4-3-9-27-19(16)25)36-22(35)30-20-18(31-32-33(20)2)17-6-5-15(10-28-17)29-21(34)24(13-26)11-23(12-24)7-8-23/h3-6,9-10,14H,7-8,11-12H2,1-2H3,(H,29,34)(H,30,35)/t14-/m1/s1. The van der Waals surface area contributed by atoms with E-state index in [2.05, 4.69) is 37.0 Å². The lowest BCUT2D eigenvalue weighted by atomic mass is 9.60. The van der Waals surface area contributed by atoms with Crippen LogP contribution in [0.5, 0.6) is 0 Å². The molecule has 3 heterocycles. The Hall–Kier alpha value is -4.04. The zero-order valence-electron chi connectivity index (χ0n) is 19.7. The van der Waals surface area contributed by atoms with Crippen LogP contribution in [-0.2, 0) is 16.6 Å². The van der Waals surface area contributed by atoms with E-state index in [1.165, 1.54) is 10.9 Å². The summed E-state index contributed by atoms with van der Waals surface area (Å²) < 4.78 is 6.82. The Balaban J connectivity index is 1.25. The van der Waals surface area contributed by atoms with Gasteiger partial charge in [0.15, 0.2) is 11.5 Å². The maximum Gasteiger partial charge on any atom is 0.413 e. The zero-order chi connectivity index (χ0) is 25.5. The van der Waals surface area contributed by atoms with E-state index < -0.39 is 17.6 Å². The Kier molecular flexibility index (Phi) is 5.84. The number of pyridine rings is 2. The predicted octanol–water partition coefficient (Wildman–Crippen LogP) is 4.26. The first-order chi connectivity index (χ1) is 17.2. The van der Waals surface area contributed by atoms with Crippen LogP contribution in [0.2, 0.25) is 5.15 Å². The number of anilines is 2. The Morgan fingerprint density at radius 3 is 2.64 bits per heavy atom. The van der Waals surface area contributed by atoms with Gasteiger partial charge in [-0.15, -0.1) is 5.10 Å². The molecule has 0 aliphatic heterocycles. The van der Waals surface area contributed by atoms with Crippen LogP contribution in [0.15, 0.2) is 36.7 Å². The summed E-state index contributed by atoms with van der Waals surface area (Å²) in [6.45, 7) is 1.68. The molecule has 1 spiro atoms. The van der Waals surface area contributed by atoms with Crippen molar-refractivity contribution in [3.8, 4) is 17.5 Å². The van der Waals surface area contributed by atoms with Crippen LogP contribution < -0.4 is 10.6 Å². The van der Waals surface area contributed by atoms with E-state index >= 15 is 0 Å². The average molecular weight is 507 g/mol. The summed E-state index contributed by atoms with van der Waals surface area (Å²) in [6, 6.07) is 8.95. The Morgan fingerprint density at radius 2 is 2.00 bits per heavy atom. The Bertz CT molecular complexity index is 1370. The molecule has 2 aliphatic rings. The minimum Gasteiger partial charge on any atom is -0.441 e. The number of aromatic nitrogens is 5. The van der Waals surface area contributed by atoms with Crippen molar-refractivity contribution in [2.45, 2.75) is 38.7 Å². The summed E-state index contributed by atoms with van der Waals surface area (Å²) in [5.74, 6) is -0.0223. The SMILES string of the molecule is C[C@@H](OC(=O)Nc1c(-c2ccc(NC(=O)C3(C#N)CC4(CC4)C3)cn2)nnn1C)c1cccnc1Cl. The van der Waals surface area contributed by atoms with Gasteiger partial charge in [-0.2, -0.15) is 5.26 Å². The van der Waals surface area contributed by atoms with Crippen LogP contribution in [0.4, 0.5) is 16.3 Å². The minimum atomic E-state index is -0.964. The lowest BCUT2D eigenvalue weighted by Crippen LogP contribution is -2.47. The number of hydrogen-bond acceptors (Lipinski definition) is 8. The van der Waals surface area contributed by atoms with Gasteiger partial charge in [-0.05, 0) is 56.2 Å². The largest absolute Gasteiger partial charge is 0.441 e. The fraction of sp³-hybridized carbons (Fsp3) is 0.375. The quantitative estimate of drug-likeness (QED) is 0.471. The molecule has 0 saturated heterocycles. The molecule has 5 rings (SSSR count). The van der Waals surface area contributed by atoms with Crippen molar-refractivity contribution in [3.63, 3.8) is 0 Å². The third kappa shape index (κ3) is 4.35. The van der Waals surface area contributed by atoms with E-state index in [9.17, 15) is 14.9 Å². The molecular formula is C24H23ClN8O3. The van der Waals surface area contributed by atoms with E-state index in [-0.39, 0.29) is 22.3 Å². The zero-order valence-corrected chi connectivity index (χ0v) is 20.4. The second-order valence-corrected chi connectivity index (χ2v) is 9.76. The molecule has 0 radical (unpaired) electrons. The fourth-order valence-corrected chi connectivity index (χ4v) is 4.90. The van der Waals surface area contributed by atoms with E-state index in [4.69, 9.17) is 16.3 Å². The highest BCUT2D eigenvalue weighted by atomic mass is 35.5. The number of amides is 2. The van der Waals surface area contributed by atoms with Crippen molar-refractivity contribution < 1.29 is 14.3 Å².